The minimum absolute atomic E-state index is 0.00491. The highest BCUT2D eigenvalue weighted by Gasteiger charge is 2.64. The van der Waals surface area contributed by atoms with E-state index in [-0.39, 0.29) is 51.8 Å². The summed E-state index contributed by atoms with van der Waals surface area (Å²) < 4.78 is 37.1. The molecule has 0 radical (unpaired) electrons. The maximum absolute atomic E-state index is 13.3. The Morgan fingerprint density at radius 2 is 1.81 bits per heavy atom. The molecule has 4 aliphatic rings. The zero-order valence-corrected chi connectivity index (χ0v) is 29.7. The summed E-state index contributed by atoms with van der Waals surface area (Å²) >= 11 is 0. The third-order valence-electron chi connectivity index (χ3n) is 13.8. The first kappa shape index (κ1) is 34.6. The molecule has 47 heavy (non-hydrogen) atoms. The molecule has 6 rings (SSSR count). The fourth-order valence-corrected chi connectivity index (χ4v) is 13.0. The average molecular weight is 670 g/mol. The number of rotatable bonds is 11. The van der Waals surface area contributed by atoms with Gasteiger partial charge in [0.25, 0.3) is 0 Å². The maximum atomic E-state index is 13.3. The number of carbonyl (C=O) groups is 1. The van der Waals surface area contributed by atoms with E-state index in [4.69, 9.17) is 9.26 Å². The van der Waals surface area contributed by atoms with E-state index in [1.165, 1.54) is 25.8 Å². The van der Waals surface area contributed by atoms with Crippen LogP contribution in [0.2, 0.25) is 0 Å². The van der Waals surface area contributed by atoms with Crippen LogP contribution in [-0.2, 0) is 14.6 Å². The van der Waals surface area contributed by atoms with Gasteiger partial charge in [-0.15, -0.1) is 0 Å². The Kier molecular flexibility index (Phi) is 9.75. The first-order valence-electron chi connectivity index (χ1n) is 18.0. The van der Waals surface area contributed by atoms with Crippen molar-refractivity contribution in [2.75, 3.05) is 12.9 Å². The minimum Gasteiger partial charge on any atom is -0.495 e. The van der Waals surface area contributed by atoms with Crippen molar-refractivity contribution in [3.8, 4) is 17.1 Å². The minimum atomic E-state index is -3.88. The molecule has 1 aromatic carbocycles. The number of Topliss-reactive ketones (excluding diaryl/α,β-unsaturated/α-hetero) is 1. The van der Waals surface area contributed by atoms with Gasteiger partial charge >= 0.3 is 0 Å². The molecule has 4 fully saturated rings. The highest BCUT2D eigenvalue weighted by atomic mass is 32.2. The van der Waals surface area contributed by atoms with Crippen molar-refractivity contribution in [2.45, 2.75) is 115 Å². The molecule has 9 heteroatoms. The number of carbonyl (C=O) groups excluding carboxylic acids is 1. The normalized spacial score (nSPS) is 37.4. The Bertz CT molecular complexity index is 1520. The summed E-state index contributed by atoms with van der Waals surface area (Å²) in [6.45, 7) is 9.50. The average Bonchev–Trinajstić information content (AvgIpc) is 3.70. The molecule has 4 aliphatic carbocycles. The number of ketones is 1. The molecule has 0 amide bonds. The lowest BCUT2D eigenvalue weighted by molar-refractivity contribution is -0.203. The van der Waals surface area contributed by atoms with Gasteiger partial charge in [0.05, 0.1) is 25.5 Å². The van der Waals surface area contributed by atoms with Crippen LogP contribution in [0.15, 0.2) is 39.9 Å². The van der Waals surface area contributed by atoms with E-state index in [0.29, 0.717) is 53.3 Å². The predicted molar refractivity (Wildman–Crippen MR) is 180 cm³/mol. The molecule has 4 saturated carbocycles. The second-order valence-electron chi connectivity index (χ2n) is 16.0. The molecule has 2 N–H and O–H groups in total. The molecule has 1 aromatic heterocycles. The van der Waals surface area contributed by atoms with Crippen LogP contribution < -0.4 is 4.74 Å². The Hall–Kier alpha value is -2.23. The van der Waals surface area contributed by atoms with E-state index < -0.39 is 15.6 Å². The third kappa shape index (κ3) is 6.11. The van der Waals surface area contributed by atoms with E-state index in [0.717, 1.165) is 51.4 Å². The summed E-state index contributed by atoms with van der Waals surface area (Å²) in [5.41, 5.74) is 1.00. The zero-order valence-electron chi connectivity index (χ0n) is 28.9. The van der Waals surface area contributed by atoms with Crippen LogP contribution in [0.3, 0.4) is 0 Å². The lowest BCUT2D eigenvalue weighted by Gasteiger charge is -2.64. The highest BCUT2D eigenvalue weighted by Crippen LogP contribution is 2.69. The number of hydrogen-bond donors (Lipinski definition) is 2. The standard InChI is InChI=1S/C38H55NO7S/c1-6-27-31-21-25(40)14-17-38(31,4)30-15-18-37(3)28(11-12-29(37)35(30)36(27)42)23(2)8-7-9-26(41)22-47(43,44)34-13-10-24(20-33(34)45-5)32-16-19-39-46-32/h10,13,16,19-20,23,25,27-31,35-36,40,42H,6-9,11-12,14-15,17-18,21-22H2,1-5H3/t23-,25-,27-,28-,29+,30+,31+,35+,36-,37-,38-/m1/s1. The fraction of sp³-hybridized carbons (Fsp3) is 0.737. The van der Waals surface area contributed by atoms with Crippen LogP contribution in [0.1, 0.15) is 98.3 Å². The molecule has 0 saturated heterocycles. The summed E-state index contributed by atoms with van der Waals surface area (Å²) in [7, 11) is -2.46. The second-order valence-corrected chi connectivity index (χ2v) is 18.0. The van der Waals surface area contributed by atoms with Gasteiger partial charge in [-0.3, -0.25) is 4.79 Å². The summed E-state index contributed by atoms with van der Waals surface area (Å²) in [5.74, 6) is 2.80. The molecule has 8 nitrogen and oxygen atoms in total. The van der Waals surface area contributed by atoms with Crippen LogP contribution in [0.4, 0.5) is 0 Å². The van der Waals surface area contributed by atoms with Gasteiger partial charge in [0.1, 0.15) is 22.2 Å². The van der Waals surface area contributed by atoms with Gasteiger partial charge < -0.3 is 19.5 Å². The van der Waals surface area contributed by atoms with Gasteiger partial charge in [0.2, 0.25) is 0 Å². The van der Waals surface area contributed by atoms with Crippen molar-refractivity contribution in [3.05, 3.63) is 30.5 Å². The van der Waals surface area contributed by atoms with Crippen molar-refractivity contribution in [1.29, 1.82) is 0 Å². The summed E-state index contributed by atoms with van der Waals surface area (Å²) in [5, 5.41) is 26.3. The topological polar surface area (TPSA) is 127 Å². The zero-order chi connectivity index (χ0) is 33.7. The number of aliphatic hydroxyl groups excluding tert-OH is 2. The molecule has 0 unspecified atom stereocenters. The lowest BCUT2D eigenvalue weighted by atomic mass is 9.41. The molecule has 2 aromatic rings. The quantitative estimate of drug-likeness (QED) is 0.259. The smallest absolute Gasteiger partial charge is 0.189 e. The molecule has 260 valence electrons. The first-order valence-corrected chi connectivity index (χ1v) is 19.7. The Morgan fingerprint density at radius 1 is 1.06 bits per heavy atom. The van der Waals surface area contributed by atoms with Gasteiger partial charge in [-0.1, -0.05) is 45.7 Å². The number of methoxy groups -OCH3 is 1. The Balaban J connectivity index is 1.07. The van der Waals surface area contributed by atoms with Crippen molar-refractivity contribution >= 4 is 15.6 Å². The van der Waals surface area contributed by atoms with E-state index >= 15 is 0 Å². The van der Waals surface area contributed by atoms with Gasteiger partial charge in [-0.25, -0.2) is 8.42 Å². The second kappa shape index (κ2) is 13.2. The number of benzene rings is 1. The van der Waals surface area contributed by atoms with Crippen molar-refractivity contribution in [1.82, 2.24) is 5.16 Å². The fourth-order valence-electron chi connectivity index (χ4n) is 11.6. The largest absolute Gasteiger partial charge is 0.495 e. The SMILES string of the molecule is CC[C@H]1[C@@H](O)[C@@H]2[C@H](CC[C@]3(C)[C@@H]([C@H](C)CCCC(=O)CS(=O)(=O)c4ccc(-c5ccno5)cc4OC)CC[C@@H]23)[C@@]2(C)CC[C@@H](O)C[C@@H]12. The molecule has 0 aliphatic heterocycles. The van der Waals surface area contributed by atoms with Crippen molar-refractivity contribution in [3.63, 3.8) is 0 Å². The molecule has 11 atom stereocenters. The summed E-state index contributed by atoms with van der Waals surface area (Å²) in [6.07, 6.45) is 11.2. The van der Waals surface area contributed by atoms with E-state index in [1.54, 1.807) is 18.2 Å². The lowest BCUT2D eigenvalue weighted by Crippen LogP contribution is -2.62. The summed E-state index contributed by atoms with van der Waals surface area (Å²) in [4.78, 5) is 13.0. The Morgan fingerprint density at radius 3 is 2.51 bits per heavy atom. The predicted octanol–water partition coefficient (Wildman–Crippen LogP) is 7.13. The molecule has 0 spiro atoms. The number of fused-ring (bicyclic) bond motifs is 5. The van der Waals surface area contributed by atoms with Crippen molar-refractivity contribution in [2.24, 2.45) is 52.3 Å². The number of hydrogen-bond acceptors (Lipinski definition) is 8. The first-order chi connectivity index (χ1) is 22.3. The number of sulfone groups is 1. The maximum Gasteiger partial charge on any atom is 0.189 e. The third-order valence-corrected chi connectivity index (χ3v) is 15.5. The van der Waals surface area contributed by atoms with E-state index in [1.807, 2.05) is 0 Å². The molecule has 0 bridgehead atoms. The highest BCUT2D eigenvalue weighted by molar-refractivity contribution is 7.92. The number of ether oxygens (including phenoxy) is 1. The van der Waals surface area contributed by atoms with Gasteiger partial charge in [0.15, 0.2) is 15.6 Å². The summed E-state index contributed by atoms with van der Waals surface area (Å²) in [6, 6.07) is 6.38. The van der Waals surface area contributed by atoms with Gasteiger partial charge in [-0.05, 0) is 122 Å². The van der Waals surface area contributed by atoms with Gasteiger partial charge in [0, 0.05) is 18.1 Å². The number of aromatic nitrogens is 1. The van der Waals surface area contributed by atoms with E-state index in [2.05, 4.69) is 32.9 Å². The van der Waals surface area contributed by atoms with Gasteiger partial charge in [-0.2, -0.15) is 0 Å². The van der Waals surface area contributed by atoms with Crippen LogP contribution in [0.5, 0.6) is 5.75 Å². The van der Waals surface area contributed by atoms with Crippen LogP contribution in [0, 0.1) is 52.3 Å². The van der Waals surface area contributed by atoms with Crippen LogP contribution in [-0.4, -0.2) is 54.6 Å². The van der Waals surface area contributed by atoms with E-state index in [9.17, 15) is 23.4 Å². The molecule has 1 heterocycles. The Labute approximate surface area is 281 Å². The molecular weight excluding hydrogens is 614 g/mol. The molecular formula is C38H55NO7S. The van der Waals surface area contributed by atoms with Crippen molar-refractivity contribution < 1.29 is 32.7 Å². The number of nitrogens with zero attached hydrogens (tertiary/aromatic N) is 1. The monoisotopic (exact) mass is 669 g/mol. The van der Waals surface area contributed by atoms with Crippen LogP contribution >= 0.6 is 0 Å². The van der Waals surface area contributed by atoms with Crippen LogP contribution in [0.25, 0.3) is 11.3 Å². The number of aliphatic hydroxyl groups is 2.